The molecule has 0 saturated heterocycles. The van der Waals surface area contributed by atoms with Gasteiger partial charge in [0, 0.05) is 31.2 Å². The molecule has 0 amide bonds. The number of alkyl halides is 4. The van der Waals surface area contributed by atoms with Crippen LogP contribution < -0.4 is 4.90 Å². The minimum absolute atomic E-state index is 0.221. The standard InChI is InChI=1S/C13H18BrF3N2/c1-18(2)6-7-19(3)12-5-4-10(9-14)8-11(12)13(15,16)17/h4-5,8H,6-7,9H2,1-3H3. The molecule has 0 bridgehead atoms. The molecule has 0 unspecified atom stereocenters. The van der Waals surface area contributed by atoms with Gasteiger partial charge in [0.2, 0.25) is 0 Å². The third-order valence-corrected chi connectivity index (χ3v) is 3.46. The van der Waals surface area contributed by atoms with E-state index in [1.807, 2.05) is 19.0 Å². The summed E-state index contributed by atoms with van der Waals surface area (Å²) in [6.45, 7) is 1.25. The van der Waals surface area contributed by atoms with E-state index in [0.29, 0.717) is 24.0 Å². The van der Waals surface area contributed by atoms with Gasteiger partial charge >= 0.3 is 6.18 Å². The van der Waals surface area contributed by atoms with Crippen molar-refractivity contribution in [3.8, 4) is 0 Å². The summed E-state index contributed by atoms with van der Waals surface area (Å²) in [5.74, 6) is 0. The summed E-state index contributed by atoms with van der Waals surface area (Å²) in [7, 11) is 5.47. The van der Waals surface area contributed by atoms with Crippen molar-refractivity contribution >= 4 is 21.6 Å². The maximum atomic E-state index is 13.1. The smallest absolute Gasteiger partial charge is 0.373 e. The Morgan fingerprint density at radius 3 is 2.21 bits per heavy atom. The minimum Gasteiger partial charge on any atom is -0.373 e. The quantitative estimate of drug-likeness (QED) is 0.757. The average Bonchev–Trinajstić information content (AvgIpc) is 2.34. The van der Waals surface area contributed by atoms with Crippen molar-refractivity contribution in [3.05, 3.63) is 29.3 Å². The Bertz CT molecular complexity index is 419. The fraction of sp³-hybridized carbons (Fsp3) is 0.538. The van der Waals surface area contributed by atoms with E-state index >= 15 is 0 Å². The molecule has 0 aromatic heterocycles. The minimum atomic E-state index is -4.33. The number of benzene rings is 1. The lowest BCUT2D eigenvalue weighted by Crippen LogP contribution is -2.30. The number of anilines is 1. The summed E-state index contributed by atoms with van der Waals surface area (Å²) < 4.78 is 39.2. The highest BCUT2D eigenvalue weighted by molar-refractivity contribution is 9.08. The molecule has 0 radical (unpaired) electrons. The van der Waals surface area contributed by atoms with Crippen LogP contribution in [0.5, 0.6) is 0 Å². The number of halogens is 4. The topological polar surface area (TPSA) is 6.48 Å². The van der Waals surface area contributed by atoms with E-state index in [-0.39, 0.29) is 5.69 Å². The van der Waals surface area contributed by atoms with Crippen LogP contribution in [0.1, 0.15) is 11.1 Å². The Morgan fingerprint density at radius 1 is 1.11 bits per heavy atom. The zero-order valence-corrected chi connectivity index (χ0v) is 12.8. The van der Waals surface area contributed by atoms with Crippen molar-refractivity contribution in [1.82, 2.24) is 4.90 Å². The lowest BCUT2D eigenvalue weighted by atomic mass is 10.1. The number of hydrogen-bond acceptors (Lipinski definition) is 2. The molecule has 0 spiro atoms. The first kappa shape index (κ1) is 16.3. The second-order valence-electron chi connectivity index (χ2n) is 4.71. The average molecular weight is 339 g/mol. The Labute approximate surface area is 120 Å². The fourth-order valence-electron chi connectivity index (χ4n) is 1.70. The summed E-state index contributed by atoms with van der Waals surface area (Å²) >= 11 is 3.18. The van der Waals surface area contributed by atoms with E-state index in [1.54, 1.807) is 18.0 Å². The molecule has 108 valence electrons. The van der Waals surface area contributed by atoms with E-state index in [0.717, 1.165) is 0 Å². The van der Waals surface area contributed by atoms with E-state index in [2.05, 4.69) is 15.9 Å². The normalized spacial score (nSPS) is 12.0. The first-order valence-electron chi connectivity index (χ1n) is 5.87. The largest absolute Gasteiger partial charge is 0.418 e. The highest BCUT2D eigenvalue weighted by Crippen LogP contribution is 2.37. The molecule has 1 rings (SSSR count). The molecule has 1 aromatic rings. The molecular formula is C13H18BrF3N2. The molecule has 0 aliphatic carbocycles. The van der Waals surface area contributed by atoms with Gasteiger partial charge in [-0.3, -0.25) is 0 Å². The molecule has 0 saturated carbocycles. The molecule has 2 nitrogen and oxygen atoms in total. The van der Waals surface area contributed by atoms with Crippen molar-refractivity contribution < 1.29 is 13.2 Å². The van der Waals surface area contributed by atoms with Crippen LogP contribution in [0.4, 0.5) is 18.9 Å². The van der Waals surface area contributed by atoms with Crippen molar-refractivity contribution in [3.63, 3.8) is 0 Å². The predicted molar refractivity (Wildman–Crippen MR) is 75.9 cm³/mol. The molecule has 0 heterocycles. The van der Waals surface area contributed by atoms with Gasteiger partial charge in [0.15, 0.2) is 0 Å². The second kappa shape index (κ2) is 6.61. The van der Waals surface area contributed by atoms with Gasteiger partial charge in [-0.2, -0.15) is 13.2 Å². The number of hydrogen-bond donors (Lipinski definition) is 0. The molecule has 6 heteroatoms. The van der Waals surface area contributed by atoms with Crippen LogP contribution in [0.25, 0.3) is 0 Å². The van der Waals surface area contributed by atoms with Crippen LogP contribution in [-0.2, 0) is 11.5 Å². The first-order chi connectivity index (χ1) is 8.75. The number of rotatable bonds is 5. The van der Waals surface area contributed by atoms with Gasteiger partial charge in [-0.15, -0.1) is 0 Å². The Morgan fingerprint density at radius 2 is 1.74 bits per heavy atom. The molecule has 0 aliphatic rings. The second-order valence-corrected chi connectivity index (χ2v) is 5.27. The molecule has 0 fully saturated rings. The van der Waals surface area contributed by atoms with E-state index in [4.69, 9.17) is 0 Å². The molecule has 19 heavy (non-hydrogen) atoms. The lowest BCUT2D eigenvalue weighted by Gasteiger charge is -2.25. The maximum Gasteiger partial charge on any atom is 0.418 e. The van der Waals surface area contributed by atoms with Crippen LogP contribution in [0.15, 0.2) is 18.2 Å². The fourth-order valence-corrected chi connectivity index (χ4v) is 2.05. The van der Waals surface area contributed by atoms with Gasteiger partial charge in [-0.05, 0) is 31.8 Å². The highest BCUT2D eigenvalue weighted by Gasteiger charge is 2.34. The van der Waals surface area contributed by atoms with Crippen LogP contribution in [0.3, 0.4) is 0 Å². The van der Waals surface area contributed by atoms with Crippen LogP contribution >= 0.6 is 15.9 Å². The molecule has 0 atom stereocenters. The number of nitrogens with zero attached hydrogens (tertiary/aromatic N) is 2. The summed E-state index contributed by atoms with van der Waals surface area (Å²) in [4.78, 5) is 3.58. The van der Waals surface area contributed by atoms with E-state index in [1.165, 1.54) is 12.1 Å². The molecular weight excluding hydrogens is 321 g/mol. The Hall–Kier alpha value is -0.750. The SMILES string of the molecule is CN(C)CCN(C)c1ccc(CBr)cc1C(F)(F)F. The van der Waals surface area contributed by atoms with Crippen molar-refractivity contribution in [2.45, 2.75) is 11.5 Å². The highest BCUT2D eigenvalue weighted by atomic mass is 79.9. The van der Waals surface area contributed by atoms with Crippen molar-refractivity contribution in [2.24, 2.45) is 0 Å². The zero-order chi connectivity index (χ0) is 14.6. The number of likely N-dealkylation sites (N-methyl/N-ethyl adjacent to an activating group) is 2. The monoisotopic (exact) mass is 338 g/mol. The van der Waals surface area contributed by atoms with Crippen LogP contribution in [0, 0.1) is 0 Å². The third-order valence-electron chi connectivity index (χ3n) is 2.81. The van der Waals surface area contributed by atoms with Crippen LogP contribution in [0.2, 0.25) is 0 Å². The van der Waals surface area contributed by atoms with Gasteiger partial charge in [0.05, 0.1) is 5.56 Å². The van der Waals surface area contributed by atoms with E-state index < -0.39 is 11.7 Å². The van der Waals surface area contributed by atoms with Gasteiger partial charge in [0.25, 0.3) is 0 Å². The van der Waals surface area contributed by atoms with Crippen molar-refractivity contribution in [2.75, 3.05) is 39.1 Å². The summed E-state index contributed by atoms with van der Waals surface area (Å²) in [5.41, 5.74) is 0.266. The van der Waals surface area contributed by atoms with Crippen LogP contribution in [-0.4, -0.2) is 39.1 Å². The van der Waals surface area contributed by atoms with E-state index in [9.17, 15) is 13.2 Å². The first-order valence-corrected chi connectivity index (χ1v) is 6.99. The summed E-state index contributed by atoms with van der Waals surface area (Å²) in [6, 6.07) is 4.46. The zero-order valence-electron chi connectivity index (χ0n) is 11.3. The van der Waals surface area contributed by atoms with Gasteiger partial charge in [-0.1, -0.05) is 22.0 Å². The van der Waals surface area contributed by atoms with Gasteiger partial charge in [0.1, 0.15) is 0 Å². The summed E-state index contributed by atoms with van der Waals surface area (Å²) in [5, 5.41) is 0.414. The predicted octanol–water partition coefficient (Wildman–Crippen LogP) is 3.60. The molecule has 0 N–H and O–H groups in total. The maximum absolute atomic E-state index is 13.1. The summed E-state index contributed by atoms with van der Waals surface area (Å²) in [6.07, 6.45) is -4.33. The third kappa shape index (κ3) is 4.69. The Kier molecular flexibility index (Phi) is 5.67. The lowest BCUT2D eigenvalue weighted by molar-refractivity contribution is -0.137. The molecule has 1 aromatic carbocycles. The van der Waals surface area contributed by atoms with Gasteiger partial charge in [-0.25, -0.2) is 0 Å². The Balaban J connectivity index is 3.05. The van der Waals surface area contributed by atoms with Gasteiger partial charge < -0.3 is 9.80 Å². The molecule has 0 aliphatic heterocycles. The van der Waals surface area contributed by atoms with Crippen molar-refractivity contribution in [1.29, 1.82) is 0 Å².